The molecule has 1 fully saturated rings. The fourth-order valence-electron chi connectivity index (χ4n) is 3.18. The number of fused-ring (bicyclic) bond motifs is 1. The van der Waals surface area contributed by atoms with E-state index in [0.717, 1.165) is 30.1 Å². The fourth-order valence-corrected chi connectivity index (χ4v) is 3.18. The van der Waals surface area contributed by atoms with Crippen molar-refractivity contribution in [2.75, 3.05) is 25.1 Å². The Labute approximate surface area is 139 Å². The number of rotatable bonds is 3. The molecule has 6 nitrogen and oxygen atoms in total. The highest BCUT2D eigenvalue weighted by Gasteiger charge is 2.31. The summed E-state index contributed by atoms with van der Waals surface area (Å²) >= 11 is 0. The molecule has 0 spiro atoms. The van der Waals surface area contributed by atoms with E-state index in [1.807, 2.05) is 25.4 Å². The zero-order valence-electron chi connectivity index (χ0n) is 13.6. The van der Waals surface area contributed by atoms with Crippen LogP contribution in [0.25, 0.3) is 11.0 Å². The van der Waals surface area contributed by atoms with Crippen molar-refractivity contribution in [3.8, 4) is 0 Å². The normalized spacial score (nSPS) is 14.7. The van der Waals surface area contributed by atoms with Crippen molar-refractivity contribution in [2.45, 2.75) is 5.92 Å². The van der Waals surface area contributed by atoms with E-state index in [1.54, 1.807) is 18.3 Å². The second-order valence-corrected chi connectivity index (χ2v) is 6.05. The summed E-state index contributed by atoms with van der Waals surface area (Å²) in [6.45, 7) is 1.85. The van der Waals surface area contributed by atoms with Crippen molar-refractivity contribution < 1.29 is 9.53 Å². The number of carbonyl (C=O) groups excluding carboxylic acids is 1. The number of carbonyl (C=O) groups is 1. The lowest BCUT2D eigenvalue weighted by atomic mass is 9.93. The lowest BCUT2D eigenvalue weighted by molar-refractivity contribution is 0.0601. The highest BCUT2D eigenvalue weighted by atomic mass is 16.5. The van der Waals surface area contributed by atoms with E-state index in [1.165, 1.54) is 12.7 Å². The SMILES string of the molecule is COC(=O)c1ccc2c(c1)nc(N1CC(c3cccnc3)C1)n2C. The first kappa shape index (κ1) is 14.7. The predicted molar refractivity (Wildman–Crippen MR) is 91.2 cm³/mol. The fraction of sp³-hybridized carbons (Fsp3) is 0.278. The Balaban J connectivity index is 1.59. The van der Waals surface area contributed by atoms with Gasteiger partial charge in [0.05, 0.1) is 23.7 Å². The van der Waals surface area contributed by atoms with E-state index in [2.05, 4.69) is 20.5 Å². The maximum absolute atomic E-state index is 11.7. The van der Waals surface area contributed by atoms with Gasteiger partial charge in [0.15, 0.2) is 0 Å². The van der Waals surface area contributed by atoms with Crippen LogP contribution in [0.5, 0.6) is 0 Å². The van der Waals surface area contributed by atoms with Crippen LogP contribution in [0.1, 0.15) is 21.8 Å². The maximum atomic E-state index is 11.7. The zero-order valence-corrected chi connectivity index (χ0v) is 13.6. The van der Waals surface area contributed by atoms with Gasteiger partial charge in [0.1, 0.15) is 0 Å². The molecule has 2 aromatic heterocycles. The molecule has 3 heterocycles. The molecule has 0 N–H and O–H groups in total. The molecule has 0 bridgehead atoms. The van der Waals surface area contributed by atoms with E-state index < -0.39 is 0 Å². The number of pyridine rings is 1. The van der Waals surface area contributed by atoms with Gasteiger partial charge in [-0.2, -0.15) is 0 Å². The Bertz CT molecular complexity index is 898. The van der Waals surface area contributed by atoms with Crippen molar-refractivity contribution in [3.05, 3.63) is 53.9 Å². The number of methoxy groups -OCH3 is 1. The minimum atomic E-state index is -0.343. The van der Waals surface area contributed by atoms with E-state index in [0.29, 0.717) is 11.5 Å². The van der Waals surface area contributed by atoms with Crippen molar-refractivity contribution in [1.82, 2.24) is 14.5 Å². The van der Waals surface area contributed by atoms with Crippen molar-refractivity contribution >= 4 is 23.0 Å². The van der Waals surface area contributed by atoms with Gasteiger partial charge < -0.3 is 14.2 Å². The molecular formula is C18H18N4O2. The first-order valence-corrected chi connectivity index (χ1v) is 7.87. The van der Waals surface area contributed by atoms with E-state index >= 15 is 0 Å². The lowest BCUT2D eigenvalue weighted by Gasteiger charge is -2.40. The molecule has 0 saturated carbocycles. The molecule has 0 unspecified atom stereocenters. The number of ether oxygens (including phenoxy) is 1. The standard InChI is InChI=1S/C18H18N4O2/c1-21-16-6-5-12(17(23)24-2)8-15(16)20-18(21)22-10-14(11-22)13-4-3-7-19-9-13/h3-9,14H,10-11H2,1-2H3. The maximum Gasteiger partial charge on any atom is 0.337 e. The van der Waals surface area contributed by atoms with Gasteiger partial charge in [-0.25, -0.2) is 9.78 Å². The van der Waals surface area contributed by atoms with Gasteiger partial charge in [-0.05, 0) is 29.8 Å². The monoisotopic (exact) mass is 322 g/mol. The average Bonchev–Trinajstić information content (AvgIpc) is 2.90. The summed E-state index contributed by atoms with van der Waals surface area (Å²) in [6, 6.07) is 9.56. The Hall–Kier alpha value is -2.89. The molecule has 3 aromatic rings. The molecule has 0 atom stereocenters. The molecule has 4 rings (SSSR count). The van der Waals surface area contributed by atoms with Crippen molar-refractivity contribution in [2.24, 2.45) is 7.05 Å². The number of hydrogen-bond donors (Lipinski definition) is 0. The van der Waals surface area contributed by atoms with Gasteiger partial charge in [-0.15, -0.1) is 0 Å². The predicted octanol–water partition coefficient (Wildman–Crippen LogP) is 2.36. The molecule has 0 amide bonds. The van der Waals surface area contributed by atoms with E-state index in [4.69, 9.17) is 9.72 Å². The van der Waals surface area contributed by atoms with Crippen LogP contribution < -0.4 is 4.90 Å². The number of nitrogens with zero attached hydrogens (tertiary/aromatic N) is 4. The Morgan fingerprint density at radius 1 is 1.29 bits per heavy atom. The van der Waals surface area contributed by atoms with Crippen molar-refractivity contribution in [1.29, 1.82) is 0 Å². The van der Waals surface area contributed by atoms with Gasteiger partial charge >= 0.3 is 5.97 Å². The highest BCUT2D eigenvalue weighted by Crippen LogP contribution is 2.32. The van der Waals surface area contributed by atoms with Crippen LogP contribution in [0.3, 0.4) is 0 Å². The smallest absolute Gasteiger partial charge is 0.337 e. The van der Waals surface area contributed by atoms with E-state index in [-0.39, 0.29) is 5.97 Å². The molecule has 6 heteroatoms. The third-order valence-electron chi connectivity index (χ3n) is 4.60. The third kappa shape index (κ3) is 2.31. The number of hydrogen-bond acceptors (Lipinski definition) is 5. The van der Waals surface area contributed by atoms with Gasteiger partial charge in [0.2, 0.25) is 5.95 Å². The molecule has 122 valence electrons. The molecule has 1 aliphatic rings. The molecular weight excluding hydrogens is 304 g/mol. The van der Waals surface area contributed by atoms with Crippen LogP contribution in [0.2, 0.25) is 0 Å². The Kier molecular flexibility index (Phi) is 3.45. The molecule has 1 aromatic carbocycles. The number of imidazole rings is 1. The topological polar surface area (TPSA) is 60.2 Å². The number of benzene rings is 1. The number of anilines is 1. The molecule has 0 aliphatic carbocycles. The minimum Gasteiger partial charge on any atom is -0.465 e. The molecule has 1 aliphatic heterocycles. The van der Waals surface area contributed by atoms with Gasteiger partial charge in [0.25, 0.3) is 0 Å². The number of aromatic nitrogens is 3. The first-order valence-electron chi connectivity index (χ1n) is 7.87. The first-order chi connectivity index (χ1) is 11.7. The minimum absolute atomic E-state index is 0.343. The second kappa shape index (κ2) is 5.63. The largest absolute Gasteiger partial charge is 0.465 e. The summed E-state index contributed by atoms with van der Waals surface area (Å²) in [5, 5.41) is 0. The van der Waals surface area contributed by atoms with Crippen LogP contribution in [0.15, 0.2) is 42.7 Å². The Morgan fingerprint density at radius 3 is 2.83 bits per heavy atom. The van der Waals surface area contributed by atoms with Crippen molar-refractivity contribution in [3.63, 3.8) is 0 Å². The van der Waals surface area contributed by atoms with Crippen LogP contribution in [0, 0.1) is 0 Å². The number of aryl methyl sites for hydroxylation is 1. The quantitative estimate of drug-likeness (QED) is 0.693. The summed E-state index contributed by atoms with van der Waals surface area (Å²) < 4.78 is 6.84. The van der Waals surface area contributed by atoms with Crippen LogP contribution in [-0.4, -0.2) is 40.7 Å². The summed E-state index contributed by atoms with van der Waals surface area (Å²) in [5.74, 6) is 1.07. The highest BCUT2D eigenvalue weighted by molar-refractivity contribution is 5.94. The average molecular weight is 322 g/mol. The van der Waals surface area contributed by atoms with E-state index in [9.17, 15) is 4.79 Å². The third-order valence-corrected chi connectivity index (χ3v) is 4.60. The Morgan fingerprint density at radius 2 is 2.12 bits per heavy atom. The molecule has 24 heavy (non-hydrogen) atoms. The summed E-state index contributed by atoms with van der Waals surface area (Å²) in [5.41, 5.74) is 3.59. The lowest BCUT2D eigenvalue weighted by Crippen LogP contribution is -2.46. The summed E-state index contributed by atoms with van der Waals surface area (Å²) in [4.78, 5) is 22.8. The summed E-state index contributed by atoms with van der Waals surface area (Å²) in [6.07, 6.45) is 3.73. The van der Waals surface area contributed by atoms with Crippen LogP contribution in [0.4, 0.5) is 5.95 Å². The van der Waals surface area contributed by atoms with Crippen LogP contribution >= 0.6 is 0 Å². The van der Waals surface area contributed by atoms with Crippen LogP contribution in [-0.2, 0) is 11.8 Å². The summed E-state index contributed by atoms with van der Waals surface area (Å²) in [7, 11) is 3.38. The van der Waals surface area contributed by atoms with Gasteiger partial charge in [-0.3, -0.25) is 4.98 Å². The van der Waals surface area contributed by atoms with Gasteiger partial charge in [0, 0.05) is 38.4 Å². The number of esters is 1. The molecule has 0 radical (unpaired) electrons. The second-order valence-electron chi connectivity index (χ2n) is 6.05. The molecule has 1 saturated heterocycles. The van der Waals surface area contributed by atoms with Gasteiger partial charge in [-0.1, -0.05) is 6.07 Å². The zero-order chi connectivity index (χ0) is 16.7.